The second-order valence-corrected chi connectivity index (χ2v) is 9.57. The van der Waals surface area contributed by atoms with E-state index in [0.717, 1.165) is 16.9 Å². The third-order valence-corrected chi connectivity index (χ3v) is 5.05. The fraction of sp³-hybridized carbons (Fsp3) is 0.385. The summed E-state index contributed by atoms with van der Waals surface area (Å²) in [6.07, 6.45) is 1.97. The number of aromatic nitrogens is 2. The maximum Gasteiger partial charge on any atom is 0.352 e. The van der Waals surface area contributed by atoms with Crippen LogP contribution in [-0.2, 0) is 9.53 Å². The molecule has 3 aromatic rings. The lowest BCUT2D eigenvalue weighted by molar-refractivity contribution is -0.146. The van der Waals surface area contributed by atoms with Gasteiger partial charge >= 0.3 is 5.97 Å². The van der Waals surface area contributed by atoms with Crippen molar-refractivity contribution in [3.63, 3.8) is 0 Å². The number of pyridine rings is 1. The maximum atomic E-state index is 13.2. The fourth-order valence-electron chi connectivity index (χ4n) is 3.59. The number of carbonyl (C=O) groups is 1. The van der Waals surface area contributed by atoms with E-state index in [4.69, 9.17) is 15.1 Å². The molecule has 0 fully saturated rings. The lowest BCUT2D eigenvalue weighted by Gasteiger charge is -2.21. The molecular weight excluding hydrogens is 416 g/mol. The van der Waals surface area contributed by atoms with Crippen molar-refractivity contribution in [1.29, 1.82) is 5.41 Å². The highest BCUT2D eigenvalue weighted by molar-refractivity contribution is 6.35. The third-order valence-electron chi connectivity index (χ3n) is 5.05. The Labute approximate surface area is 194 Å². The number of benzene rings is 1. The topological polar surface area (TPSA) is 96.6 Å². The minimum absolute atomic E-state index is 0.0709. The van der Waals surface area contributed by atoms with E-state index in [-0.39, 0.29) is 29.7 Å². The van der Waals surface area contributed by atoms with Crippen LogP contribution in [-0.4, -0.2) is 32.7 Å². The number of anilines is 1. The van der Waals surface area contributed by atoms with Gasteiger partial charge in [-0.2, -0.15) is 0 Å². The van der Waals surface area contributed by atoms with Gasteiger partial charge in [0.05, 0.1) is 11.3 Å². The first-order valence-electron chi connectivity index (χ1n) is 11.2. The van der Waals surface area contributed by atoms with Gasteiger partial charge in [-0.1, -0.05) is 32.0 Å². The van der Waals surface area contributed by atoms with Crippen molar-refractivity contribution in [2.24, 2.45) is 0 Å². The highest BCUT2D eigenvalue weighted by Crippen LogP contribution is 2.26. The minimum atomic E-state index is -0.624. The van der Waals surface area contributed by atoms with Crippen LogP contribution in [0.3, 0.4) is 0 Å². The second kappa shape index (κ2) is 9.57. The first-order valence-corrected chi connectivity index (χ1v) is 11.2. The maximum absolute atomic E-state index is 13.2. The zero-order chi connectivity index (χ0) is 24.3. The number of esters is 1. The summed E-state index contributed by atoms with van der Waals surface area (Å²) < 4.78 is 6.83. The Morgan fingerprint density at radius 2 is 1.79 bits per heavy atom. The summed E-state index contributed by atoms with van der Waals surface area (Å²) >= 11 is 0. The summed E-state index contributed by atoms with van der Waals surface area (Å²) in [4.78, 5) is 30.0. The van der Waals surface area contributed by atoms with E-state index >= 15 is 0 Å². The monoisotopic (exact) mass is 448 g/mol. The lowest BCUT2D eigenvalue weighted by atomic mass is 9.98. The molecule has 1 unspecified atom stereocenters. The van der Waals surface area contributed by atoms with Crippen molar-refractivity contribution in [3.8, 4) is 11.1 Å². The molecule has 0 radical (unpaired) electrons. The standard InChI is InChI=1S/C26H32N4O3/c1-16(2)23-22(24(31)30-14-8-7-9-21(30)29-23)18-10-12-19(13-11-18)28-17(3)15-20(27)25(32)33-26(4,5)6/h7-14,16-17,27-28H,15H2,1-6H3. The first-order chi connectivity index (χ1) is 15.5. The van der Waals surface area contributed by atoms with E-state index in [1.807, 2.05) is 63.2 Å². The van der Waals surface area contributed by atoms with Gasteiger partial charge in [0.2, 0.25) is 0 Å². The first kappa shape index (κ1) is 24.2. The molecule has 2 heterocycles. The van der Waals surface area contributed by atoms with E-state index in [0.29, 0.717) is 11.2 Å². The minimum Gasteiger partial charge on any atom is -0.456 e. The number of fused-ring (bicyclic) bond motifs is 1. The molecule has 1 atom stereocenters. The Balaban J connectivity index is 1.80. The number of rotatable bonds is 7. The average molecular weight is 449 g/mol. The SMILES string of the molecule is CC(CC(=N)C(=O)OC(C)(C)C)Nc1ccc(-c2c(C(C)C)nc3ccccn3c2=O)cc1. The van der Waals surface area contributed by atoms with E-state index < -0.39 is 11.6 Å². The van der Waals surface area contributed by atoms with E-state index in [2.05, 4.69) is 5.32 Å². The highest BCUT2D eigenvalue weighted by Gasteiger charge is 2.22. The molecule has 0 bridgehead atoms. The van der Waals surface area contributed by atoms with Crippen LogP contribution in [0, 0.1) is 5.41 Å². The van der Waals surface area contributed by atoms with Crippen LogP contribution in [0.2, 0.25) is 0 Å². The number of hydrogen-bond donors (Lipinski definition) is 2. The number of nitrogens with zero attached hydrogens (tertiary/aromatic N) is 2. The summed E-state index contributed by atoms with van der Waals surface area (Å²) in [6.45, 7) is 11.3. The Morgan fingerprint density at radius 1 is 1.12 bits per heavy atom. The fourth-order valence-corrected chi connectivity index (χ4v) is 3.59. The predicted molar refractivity (Wildman–Crippen MR) is 132 cm³/mol. The molecule has 7 heteroatoms. The summed E-state index contributed by atoms with van der Waals surface area (Å²) in [6, 6.07) is 13.0. The van der Waals surface area contributed by atoms with Gasteiger partial charge in [-0.05, 0) is 63.4 Å². The Morgan fingerprint density at radius 3 is 2.39 bits per heavy atom. The predicted octanol–water partition coefficient (Wildman–Crippen LogP) is 5.04. The van der Waals surface area contributed by atoms with Gasteiger partial charge in [0.25, 0.3) is 5.56 Å². The number of ether oxygens (including phenoxy) is 1. The Kier molecular flexibility index (Phi) is 7.01. The van der Waals surface area contributed by atoms with Crippen LogP contribution in [0.4, 0.5) is 5.69 Å². The highest BCUT2D eigenvalue weighted by atomic mass is 16.6. The largest absolute Gasteiger partial charge is 0.456 e. The summed E-state index contributed by atoms with van der Waals surface area (Å²) in [5, 5.41) is 11.3. The molecule has 0 spiro atoms. The van der Waals surface area contributed by atoms with Gasteiger partial charge in [0.15, 0.2) is 0 Å². The lowest BCUT2D eigenvalue weighted by Crippen LogP contribution is -2.31. The van der Waals surface area contributed by atoms with Crippen molar-refractivity contribution >= 4 is 23.0 Å². The molecular formula is C26H32N4O3. The molecule has 0 amide bonds. The average Bonchev–Trinajstić information content (AvgIpc) is 2.73. The van der Waals surface area contributed by atoms with Gasteiger partial charge in [-0.15, -0.1) is 0 Å². The van der Waals surface area contributed by atoms with Crippen LogP contribution < -0.4 is 10.9 Å². The zero-order valence-electron chi connectivity index (χ0n) is 20.1. The molecule has 174 valence electrons. The second-order valence-electron chi connectivity index (χ2n) is 9.57. The molecule has 2 aromatic heterocycles. The Bertz CT molecular complexity index is 1220. The smallest absolute Gasteiger partial charge is 0.352 e. The van der Waals surface area contributed by atoms with E-state index in [1.165, 1.54) is 0 Å². The van der Waals surface area contributed by atoms with Crippen molar-refractivity contribution in [2.75, 3.05) is 5.32 Å². The zero-order valence-corrected chi connectivity index (χ0v) is 20.1. The molecule has 2 N–H and O–H groups in total. The molecule has 1 aromatic carbocycles. The van der Waals surface area contributed by atoms with Gasteiger partial charge in [0.1, 0.15) is 17.0 Å². The van der Waals surface area contributed by atoms with Gasteiger partial charge < -0.3 is 10.1 Å². The van der Waals surface area contributed by atoms with E-state index in [1.54, 1.807) is 31.4 Å². The van der Waals surface area contributed by atoms with Crippen molar-refractivity contribution < 1.29 is 9.53 Å². The molecule has 3 rings (SSSR count). The molecule has 7 nitrogen and oxygen atoms in total. The molecule has 0 aliphatic rings. The molecule has 33 heavy (non-hydrogen) atoms. The van der Waals surface area contributed by atoms with E-state index in [9.17, 15) is 9.59 Å². The molecule has 0 aliphatic heterocycles. The van der Waals surface area contributed by atoms with Crippen LogP contribution in [0.15, 0.2) is 53.5 Å². The molecule has 0 saturated carbocycles. The summed E-state index contributed by atoms with van der Waals surface area (Å²) in [7, 11) is 0. The van der Waals surface area contributed by atoms with Crippen LogP contribution in [0.1, 0.15) is 59.6 Å². The molecule has 0 aliphatic carbocycles. The third kappa shape index (κ3) is 5.86. The van der Waals surface area contributed by atoms with Crippen molar-refractivity contribution in [2.45, 2.75) is 65.5 Å². The summed E-state index contributed by atoms with van der Waals surface area (Å²) in [5.74, 6) is -0.508. The van der Waals surface area contributed by atoms with Crippen LogP contribution >= 0.6 is 0 Å². The van der Waals surface area contributed by atoms with Crippen LogP contribution in [0.5, 0.6) is 0 Å². The van der Waals surface area contributed by atoms with Crippen LogP contribution in [0.25, 0.3) is 16.8 Å². The summed E-state index contributed by atoms with van der Waals surface area (Å²) in [5.41, 5.74) is 2.85. The van der Waals surface area contributed by atoms with Gasteiger partial charge in [-0.3, -0.25) is 14.6 Å². The van der Waals surface area contributed by atoms with Crippen molar-refractivity contribution in [3.05, 3.63) is 64.7 Å². The normalized spacial score (nSPS) is 12.6. The molecule has 0 saturated heterocycles. The Hall–Kier alpha value is -3.48. The number of carbonyl (C=O) groups excluding carboxylic acids is 1. The quantitative estimate of drug-likeness (QED) is 0.390. The van der Waals surface area contributed by atoms with Gasteiger partial charge in [-0.25, -0.2) is 9.78 Å². The van der Waals surface area contributed by atoms with Crippen molar-refractivity contribution in [1.82, 2.24) is 9.38 Å². The van der Waals surface area contributed by atoms with Gasteiger partial charge in [0, 0.05) is 24.3 Å². The number of hydrogen-bond acceptors (Lipinski definition) is 6. The number of nitrogens with one attached hydrogen (secondary N) is 2.